The van der Waals surface area contributed by atoms with Gasteiger partial charge in [-0.05, 0) is 24.8 Å². The first-order valence-corrected chi connectivity index (χ1v) is 11.6. The van der Waals surface area contributed by atoms with Crippen molar-refractivity contribution in [1.29, 1.82) is 0 Å². The summed E-state index contributed by atoms with van der Waals surface area (Å²) in [5, 5.41) is 17.3. The molecule has 194 valence electrons. The summed E-state index contributed by atoms with van der Waals surface area (Å²) in [6.07, 6.45) is -0.244. The van der Waals surface area contributed by atoms with Gasteiger partial charge in [-0.2, -0.15) is 23.3 Å². The molecule has 0 aliphatic carbocycles. The minimum absolute atomic E-state index is 0.0469. The van der Waals surface area contributed by atoms with E-state index in [1.807, 2.05) is 18.7 Å². The number of carbonyl (C=O) groups is 1. The van der Waals surface area contributed by atoms with Crippen LogP contribution in [-0.4, -0.2) is 73.3 Å². The van der Waals surface area contributed by atoms with Crippen molar-refractivity contribution in [2.75, 3.05) is 36.5 Å². The fourth-order valence-electron chi connectivity index (χ4n) is 4.06. The van der Waals surface area contributed by atoms with Crippen molar-refractivity contribution in [2.24, 2.45) is 5.92 Å². The van der Waals surface area contributed by atoms with Gasteiger partial charge in [0.1, 0.15) is 29.8 Å². The second-order valence-electron chi connectivity index (χ2n) is 8.84. The van der Waals surface area contributed by atoms with E-state index in [-0.39, 0.29) is 25.6 Å². The molecular weight excluding hydrogens is 481 g/mol. The molecule has 0 aromatic carbocycles. The van der Waals surface area contributed by atoms with Crippen LogP contribution in [0.5, 0.6) is 0 Å². The molecule has 1 saturated heterocycles. The van der Waals surface area contributed by atoms with E-state index in [0.29, 0.717) is 53.7 Å². The van der Waals surface area contributed by atoms with Crippen LogP contribution in [0.25, 0.3) is 11.0 Å². The van der Waals surface area contributed by atoms with Crippen LogP contribution in [0.2, 0.25) is 0 Å². The lowest BCUT2D eigenvalue weighted by molar-refractivity contribution is -0.174. The molecule has 0 spiro atoms. The highest BCUT2D eigenvalue weighted by Gasteiger charge is 2.30. The predicted molar refractivity (Wildman–Crippen MR) is 124 cm³/mol. The van der Waals surface area contributed by atoms with Crippen molar-refractivity contribution in [1.82, 2.24) is 29.7 Å². The molecule has 1 fully saturated rings. The molecule has 3 aromatic heterocycles. The summed E-state index contributed by atoms with van der Waals surface area (Å²) < 4.78 is 43.9. The van der Waals surface area contributed by atoms with E-state index in [1.54, 1.807) is 12.3 Å². The maximum absolute atomic E-state index is 12.5. The third kappa shape index (κ3) is 5.98. The summed E-state index contributed by atoms with van der Waals surface area (Å²) in [5.41, 5.74) is 1.66. The number of carboxylic acids is 1. The van der Waals surface area contributed by atoms with Crippen LogP contribution in [0.4, 0.5) is 30.8 Å². The number of alkyl halides is 3. The van der Waals surface area contributed by atoms with Crippen molar-refractivity contribution in [3.05, 3.63) is 24.3 Å². The quantitative estimate of drug-likeness (QED) is 0.415. The maximum atomic E-state index is 12.5. The van der Waals surface area contributed by atoms with Crippen LogP contribution in [-0.2, 0) is 16.1 Å². The third-order valence-electron chi connectivity index (χ3n) is 5.74. The summed E-state index contributed by atoms with van der Waals surface area (Å²) in [6.45, 7) is 3.22. The SMILES string of the molecule is CC(C)c1nn(CCOCC(F)(F)F)c2c(Nc3ccncn3)nc(N3CCC[C@H](C(=O)O)C3)nc12. The molecule has 11 nitrogen and oxygen atoms in total. The Morgan fingerprint density at radius 2 is 2.14 bits per heavy atom. The molecule has 4 heterocycles. The number of halogens is 3. The average molecular weight is 509 g/mol. The zero-order valence-corrected chi connectivity index (χ0v) is 19.9. The van der Waals surface area contributed by atoms with Gasteiger partial charge in [-0.3, -0.25) is 9.48 Å². The van der Waals surface area contributed by atoms with Gasteiger partial charge in [-0.25, -0.2) is 15.0 Å². The number of anilines is 3. The molecule has 0 unspecified atom stereocenters. The highest BCUT2D eigenvalue weighted by Crippen LogP contribution is 2.32. The largest absolute Gasteiger partial charge is 0.481 e. The number of piperidine rings is 1. The molecule has 1 aliphatic rings. The Hall–Kier alpha value is -3.55. The molecule has 14 heteroatoms. The van der Waals surface area contributed by atoms with Crippen molar-refractivity contribution in [3.8, 4) is 0 Å². The monoisotopic (exact) mass is 508 g/mol. The van der Waals surface area contributed by atoms with E-state index in [1.165, 1.54) is 11.0 Å². The first-order chi connectivity index (χ1) is 17.1. The molecule has 0 amide bonds. The smallest absolute Gasteiger partial charge is 0.411 e. The number of hydrogen-bond donors (Lipinski definition) is 2. The zero-order chi connectivity index (χ0) is 25.9. The van der Waals surface area contributed by atoms with Gasteiger partial charge in [0.25, 0.3) is 0 Å². The molecule has 1 atom stereocenters. The number of aliphatic carboxylic acids is 1. The summed E-state index contributed by atoms with van der Waals surface area (Å²) >= 11 is 0. The van der Waals surface area contributed by atoms with Gasteiger partial charge >= 0.3 is 12.1 Å². The average Bonchev–Trinajstić information content (AvgIpc) is 3.21. The fourth-order valence-corrected chi connectivity index (χ4v) is 4.06. The number of carboxylic acid groups (broad SMARTS) is 1. The van der Waals surface area contributed by atoms with Crippen LogP contribution >= 0.6 is 0 Å². The molecule has 36 heavy (non-hydrogen) atoms. The lowest BCUT2D eigenvalue weighted by atomic mass is 9.99. The predicted octanol–water partition coefficient (Wildman–Crippen LogP) is 3.36. The summed E-state index contributed by atoms with van der Waals surface area (Å²) in [4.78, 5) is 30.9. The Morgan fingerprint density at radius 3 is 2.81 bits per heavy atom. The minimum Gasteiger partial charge on any atom is -0.481 e. The molecule has 2 N–H and O–H groups in total. The number of hydrogen-bond acceptors (Lipinski definition) is 9. The highest BCUT2D eigenvalue weighted by molar-refractivity contribution is 5.90. The minimum atomic E-state index is -4.42. The van der Waals surface area contributed by atoms with Crippen LogP contribution in [0.15, 0.2) is 18.6 Å². The van der Waals surface area contributed by atoms with Gasteiger partial charge in [0, 0.05) is 19.3 Å². The Labute approximate surface area is 204 Å². The van der Waals surface area contributed by atoms with Gasteiger partial charge in [-0.15, -0.1) is 0 Å². The highest BCUT2D eigenvalue weighted by atomic mass is 19.4. The Morgan fingerprint density at radius 1 is 1.33 bits per heavy atom. The zero-order valence-electron chi connectivity index (χ0n) is 19.9. The number of nitrogens with one attached hydrogen (secondary N) is 1. The first-order valence-electron chi connectivity index (χ1n) is 11.6. The Bertz CT molecular complexity index is 1200. The lowest BCUT2D eigenvalue weighted by Crippen LogP contribution is -2.39. The molecule has 0 radical (unpaired) electrons. The fraction of sp³-hybridized carbons (Fsp3) is 0.545. The number of aromatic nitrogens is 6. The van der Waals surface area contributed by atoms with E-state index >= 15 is 0 Å². The molecule has 0 bridgehead atoms. The van der Waals surface area contributed by atoms with Gasteiger partial charge < -0.3 is 20.1 Å². The van der Waals surface area contributed by atoms with Gasteiger partial charge in [0.2, 0.25) is 5.95 Å². The molecular formula is C22H27F3N8O3. The number of nitrogens with zero attached hydrogens (tertiary/aromatic N) is 7. The number of fused-ring (bicyclic) bond motifs is 1. The van der Waals surface area contributed by atoms with Gasteiger partial charge in [0.15, 0.2) is 5.82 Å². The Kier molecular flexibility index (Phi) is 7.52. The van der Waals surface area contributed by atoms with Gasteiger partial charge in [-0.1, -0.05) is 13.8 Å². The molecule has 1 aliphatic heterocycles. The van der Waals surface area contributed by atoms with E-state index < -0.39 is 24.7 Å². The van der Waals surface area contributed by atoms with E-state index in [9.17, 15) is 23.1 Å². The number of rotatable bonds is 9. The third-order valence-corrected chi connectivity index (χ3v) is 5.74. The Balaban J connectivity index is 1.76. The molecule has 0 saturated carbocycles. The second-order valence-corrected chi connectivity index (χ2v) is 8.84. The molecule has 4 rings (SSSR count). The van der Waals surface area contributed by atoms with Crippen molar-refractivity contribution in [2.45, 2.75) is 45.3 Å². The van der Waals surface area contributed by atoms with Crippen LogP contribution in [0, 0.1) is 5.92 Å². The van der Waals surface area contributed by atoms with Crippen molar-refractivity contribution >= 4 is 34.6 Å². The summed E-state index contributed by atoms with van der Waals surface area (Å²) in [5.74, 6) is -0.303. The second kappa shape index (κ2) is 10.6. The van der Waals surface area contributed by atoms with Crippen LogP contribution < -0.4 is 10.2 Å². The van der Waals surface area contributed by atoms with E-state index in [2.05, 4.69) is 25.4 Å². The van der Waals surface area contributed by atoms with Crippen molar-refractivity contribution < 1.29 is 27.8 Å². The molecule has 3 aromatic rings. The summed E-state index contributed by atoms with van der Waals surface area (Å²) in [6, 6.07) is 1.64. The topological polar surface area (TPSA) is 131 Å². The van der Waals surface area contributed by atoms with Crippen molar-refractivity contribution in [3.63, 3.8) is 0 Å². The van der Waals surface area contributed by atoms with Crippen LogP contribution in [0.3, 0.4) is 0 Å². The van der Waals surface area contributed by atoms with Crippen LogP contribution in [0.1, 0.15) is 38.3 Å². The van der Waals surface area contributed by atoms with E-state index in [0.717, 1.165) is 0 Å². The standard InChI is InChI=1S/C22H27F3N8O3/c1-13(2)16-17-18(33(31-16)8-9-36-11-22(23,24)25)19(28-15-5-6-26-12-27-15)30-21(29-17)32-7-3-4-14(10-32)20(34)35/h5-6,12-14H,3-4,7-11H2,1-2H3,(H,34,35)(H,26,27,28,29,30)/t14-/m0/s1. The lowest BCUT2D eigenvalue weighted by Gasteiger charge is -2.31. The first kappa shape index (κ1) is 25.5. The number of ether oxygens (including phenoxy) is 1. The van der Waals surface area contributed by atoms with E-state index in [4.69, 9.17) is 9.72 Å². The van der Waals surface area contributed by atoms with Gasteiger partial charge in [0.05, 0.1) is 24.8 Å². The normalized spacial score (nSPS) is 16.6. The summed E-state index contributed by atoms with van der Waals surface area (Å²) in [7, 11) is 0. The maximum Gasteiger partial charge on any atom is 0.411 e.